The van der Waals surface area contributed by atoms with E-state index >= 15 is 0 Å². The summed E-state index contributed by atoms with van der Waals surface area (Å²) in [5, 5.41) is 4.93. The summed E-state index contributed by atoms with van der Waals surface area (Å²) in [7, 11) is 1.51. The Bertz CT molecular complexity index is 1140. The average molecular weight is 404 g/mol. The van der Waals surface area contributed by atoms with Gasteiger partial charge in [-0.2, -0.15) is 5.10 Å². The van der Waals surface area contributed by atoms with Crippen molar-refractivity contribution in [3.05, 3.63) is 78.1 Å². The van der Waals surface area contributed by atoms with Crippen molar-refractivity contribution in [2.45, 2.75) is 0 Å². The molecule has 0 saturated carbocycles. The van der Waals surface area contributed by atoms with Gasteiger partial charge in [0.05, 0.1) is 29.1 Å². The van der Waals surface area contributed by atoms with Crippen LogP contribution in [0.4, 0.5) is 5.13 Å². The lowest BCUT2D eigenvalue weighted by Crippen LogP contribution is -2.09. The van der Waals surface area contributed by atoms with Crippen molar-refractivity contribution in [2.24, 2.45) is 5.10 Å². The largest absolute Gasteiger partial charge is 0.493 e. The molecule has 0 unspecified atom stereocenters. The number of hydrogen-bond acceptors (Lipinski definition) is 8. The first-order valence-electron chi connectivity index (χ1n) is 8.68. The number of benzene rings is 2. The Morgan fingerprint density at radius 1 is 1.14 bits per heavy atom. The van der Waals surface area contributed by atoms with Crippen molar-refractivity contribution in [1.82, 2.24) is 9.97 Å². The molecular formula is C21H16N4O3S. The Morgan fingerprint density at radius 2 is 2.03 bits per heavy atom. The molecule has 2 aromatic heterocycles. The standard InChI is InChI=1S/C21H16N4O3S/c1-27-18-11-14(8-9-17(18)28-20(26)15-5-4-10-22-13-15)12-23-25-21-24-16-6-2-3-7-19(16)29-21/h2-13H,1H3,(H,24,25)/b23-12+. The minimum Gasteiger partial charge on any atom is -0.493 e. The van der Waals surface area contributed by atoms with Crippen LogP contribution in [0.3, 0.4) is 0 Å². The van der Waals surface area contributed by atoms with Crippen LogP contribution in [0, 0.1) is 0 Å². The number of pyridine rings is 1. The van der Waals surface area contributed by atoms with Gasteiger partial charge in [-0.15, -0.1) is 0 Å². The van der Waals surface area contributed by atoms with Gasteiger partial charge in [-0.1, -0.05) is 23.5 Å². The molecule has 8 heteroatoms. The van der Waals surface area contributed by atoms with Crippen molar-refractivity contribution >= 4 is 38.9 Å². The molecule has 0 radical (unpaired) electrons. The van der Waals surface area contributed by atoms with Gasteiger partial charge >= 0.3 is 5.97 Å². The second-order valence-electron chi connectivity index (χ2n) is 5.90. The van der Waals surface area contributed by atoms with Gasteiger partial charge in [0.2, 0.25) is 5.13 Å². The molecule has 0 bridgehead atoms. The number of thiazole rings is 1. The molecule has 2 heterocycles. The molecule has 2 aromatic carbocycles. The van der Waals surface area contributed by atoms with Crippen LogP contribution in [0.2, 0.25) is 0 Å². The number of aromatic nitrogens is 2. The van der Waals surface area contributed by atoms with E-state index in [9.17, 15) is 4.79 Å². The molecule has 0 aliphatic carbocycles. The first kappa shape index (κ1) is 18.6. The fourth-order valence-electron chi connectivity index (χ4n) is 2.57. The average Bonchev–Trinajstić information content (AvgIpc) is 3.18. The summed E-state index contributed by atoms with van der Waals surface area (Å²) in [5.41, 5.74) is 5.00. The third kappa shape index (κ3) is 4.39. The quantitative estimate of drug-likeness (QED) is 0.222. The summed E-state index contributed by atoms with van der Waals surface area (Å²) in [6, 6.07) is 16.4. The number of rotatable bonds is 6. The molecule has 0 atom stereocenters. The van der Waals surface area contributed by atoms with Crippen LogP contribution in [0.1, 0.15) is 15.9 Å². The summed E-state index contributed by atoms with van der Waals surface area (Å²) in [6.45, 7) is 0. The van der Waals surface area contributed by atoms with Gasteiger partial charge < -0.3 is 9.47 Å². The smallest absolute Gasteiger partial charge is 0.345 e. The fourth-order valence-corrected chi connectivity index (χ4v) is 3.39. The van der Waals surface area contributed by atoms with E-state index in [2.05, 4.69) is 20.5 Å². The molecule has 4 aromatic rings. The summed E-state index contributed by atoms with van der Waals surface area (Å²) in [4.78, 5) is 20.6. The topological polar surface area (TPSA) is 85.7 Å². The normalized spacial score (nSPS) is 10.9. The molecule has 0 spiro atoms. The van der Waals surface area contributed by atoms with Crippen LogP contribution < -0.4 is 14.9 Å². The summed E-state index contributed by atoms with van der Waals surface area (Å²) in [5.74, 6) is 0.235. The van der Waals surface area contributed by atoms with Gasteiger partial charge in [-0.25, -0.2) is 9.78 Å². The number of carbonyl (C=O) groups is 1. The maximum absolute atomic E-state index is 12.2. The lowest BCUT2D eigenvalue weighted by Gasteiger charge is -2.09. The van der Waals surface area contributed by atoms with E-state index in [1.807, 2.05) is 24.3 Å². The molecule has 29 heavy (non-hydrogen) atoms. The number of nitrogens with zero attached hydrogens (tertiary/aromatic N) is 3. The molecular weight excluding hydrogens is 388 g/mol. The van der Waals surface area contributed by atoms with E-state index in [1.54, 1.807) is 42.7 Å². The number of fused-ring (bicyclic) bond motifs is 1. The number of ether oxygens (including phenoxy) is 2. The molecule has 0 fully saturated rings. The molecule has 144 valence electrons. The SMILES string of the molecule is COc1cc(/C=N/Nc2nc3ccccc3s2)ccc1OC(=O)c1cccnc1. The second-order valence-corrected chi connectivity index (χ2v) is 6.93. The highest BCUT2D eigenvalue weighted by molar-refractivity contribution is 7.22. The van der Waals surface area contributed by atoms with Gasteiger partial charge in [-0.05, 0) is 48.0 Å². The van der Waals surface area contributed by atoms with Gasteiger partial charge in [0.1, 0.15) is 0 Å². The van der Waals surface area contributed by atoms with Crippen molar-refractivity contribution < 1.29 is 14.3 Å². The van der Waals surface area contributed by atoms with Crippen molar-refractivity contribution in [3.63, 3.8) is 0 Å². The van der Waals surface area contributed by atoms with Crippen LogP contribution in [0.5, 0.6) is 11.5 Å². The first-order valence-corrected chi connectivity index (χ1v) is 9.49. The van der Waals surface area contributed by atoms with E-state index in [-0.39, 0.29) is 0 Å². The molecule has 7 nitrogen and oxygen atoms in total. The second kappa shape index (κ2) is 8.49. The lowest BCUT2D eigenvalue weighted by molar-refractivity contribution is 0.0729. The van der Waals surface area contributed by atoms with E-state index in [1.165, 1.54) is 24.6 Å². The van der Waals surface area contributed by atoms with Crippen molar-refractivity contribution in [3.8, 4) is 11.5 Å². The Labute approximate surface area is 170 Å². The number of para-hydroxylation sites is 1. The number of esters is 1. The number of methoxy groups -OCH3 is 1. The lowest BCUT2D eigenvalue weighted by atomic mass is 10.2. The van der Waals surface area contributed by atoms with E-state index in [0.29, 0.717) is 22.2 Å². The molecule has 0 saturated heterocycles. The Morgan fingerprint density at radius 3 is 2.83 bits per heavy atom. The molecule has 4 rings (SSSR count). The van der Waals surface area contributed by atoms with E-state index < -0.39 is 5.97 Å². The number of anilines is 1. The van der Waals surface area contributed by atoms with Crippen LogP contribution in [-0.2, 0) is 0 Å². The van der Waals surface area contributed by atoms with Gasteiger partial charge in [0, 0.05) is 12.4 Å². The third-order valence-corrected chi connectivity index (χ3v) is 4.90. The van der Waals surface area contributed by atoms with Crippen LogP contribution in [0.25, 0.3) is 10.2 Å². The number of nitrogens with one attached hydrogen (secondary N) is 1. The fraction of sp³-hybridized carbons (Fsp3) is 0.0476. The first-order chi connectivity index (χ1) is 14.2. The highest BCUT2D eigenvalue weighted by atomic mass is 32.1. The minimum absolute atomic E-state index is 0.317. The molecule has 0 amide bonds. The third-order valence-electron chi connectivity index (χ3n) is 3.96. The summed E-state index contributed by atoms with van der Waals surface area (Å²) in [6.07, 6.45) is 4.68. The van der Waals surface area contributed by atoms with Gasteiger partial charge in [0.25, 0.3) is 0 Å². The molecule has 0 aliphatic heterocycles. The predicted molar refractivity (Wildman–Crippen MR) is 113 cm³/mol. The molecule has 1 N–H and O–H groups in total. The summed E-state index contributed by atoms with van der Waals surface area (Å²) < 4.78 is 11.8. The van der Waals surface area contributed by atoms with E-state index in [4.69, 9.17) is 9.47 Å². The van der Waals surface area contributed by atoms with Crippen LogP contribution in [-0.4, -0.2) is 29.3 Å². The van der Waals surface area contributed by atoms with Crippen LogP contribution in [0.15, 0.2) is 72.1 Å². The zero-order chi connectivity index (χ0) is 20.1. The zero-order valence-corrected chi connectivity index (χ0v) is 16.2. The Hall–Kier alpha value is -3.78. The predicted octanol–water partition coefficient (Wildman–Crippen LogP) is 4.37. The van der Waals surface area contributed by atoms with Gasteiger partial charge in [-0.3, -0.25) is 10.4 Å². The maximum Gasteiger partial charge on any atom is 0.345 e. The maximum atomic E-state index is 12.2. The highest BCUT2D eigenvalue weighted by Crippen LogP contribution is 2.29. The Kier molecular flexibility index (Phi) is 5.44. The zero-order valence-electron chi connectivity index (χ0n) is 15.4. The summed E-state index contributed by atoms with van der Waals surface area (Å²) >= 11 is 1.52. The van der Waals surface area contributed by atoms with Crippen LogP contribution >= 0.6 is 11.3 Å². The monoisotopic (exact) mass is 404 g/mol. The Balaban J connectivity index is 1.45. The van der Waals surface area contributed by atoms with Crippen molar-refractivity contribution in [1.29, 1.82) is 0 Å². The minimum atomic E-state index is -0.504. The van der Waals surface area contributed by atoms with Gasteiger partial charge in [0.15, 0.2) is 11.5 Å². The van der Waals surface area contributed by atoms with E-state index in [0.717, 1.165) is 15.8 Å². The highest BCUT2D eigenvalue weighted by Gasteiger charge is 2.12. The number of carbonyl (C=O) groups excluding carboxylic acids is 1. The number of hydrazone groups is 1. The van der Waals surface area contributed by atoms with Crippen molar-refractivity contribution in [2.75, 3.05) is 12.5 Å². The number of hydrogen-bond donors (Lipinski definition) is 1. The molecule has 0 aliphatic rings.